The van der Waals surface area contributed by atoms with Crippen molar-refractivity contribution in [3.8, 4) is 0 Å². The number of amides is 1. The normalized spacial score (nSPS) is 32.0. The summed E-state index contributed by atoms with van der Waals surface area (Å²) in [5.74, 6) is 1.21. The second kappa shape index (κ2) is 4.25. The van der Waals surface area contributed by atoms with E-state index in [9.17, 15) is 4.79 Å². The lowest BCUT2D eigenvalue weighted by atomic mass is 10.1. The number of hydrogen-bond donors (Lipinski definition) is 0. The Hall–Kier alpha value is -0.610. The van der Waals surface area contributed by atoms with E-state index < -0.39 is 0 Å². The Morgan fingerprint density at radius 2 is 2.06 bits per heavy atom. The standard InChI is InChI=1S/C13H15NOS2/c1-8-9(2)17-12-7-16-11-6-4-3-5-10(11)13(15)14(8)12/h3-6,8-9,12H,7H2,1-2H3. The van der Waals surface area contributed by atoms with Crippen molar-refractivity contribution in [3.05, 3.63) is 29.8 Å². The fourth-order valence-corrected chi connectivity index (χ4v) is 5.18. The second-order valence-corrected chi connectivity index (χ2v) is 7.18. The number of carbonyl (C=O) groups is 1. The molecule has 0 bridgehead atoms. The van der Waals surface area contributed by atoms with E-state index in [1.165, 1.54) is 0 Å². The lowest BCUT2D eigenvalue weighted by molar-refractivity contribution is 0.0705. The predicted molar refractivity (Wildman–Crippen MR) is 73.6 cm³/mol. The van der Waals surface area contributed by atoms with Gasteiger partial charge in [0.15, 0.2) is 0 Å². The minimum atomic E-state index is 0.208. The molecular formula is C13H15NOS2. The van der Waals surface area contributed by atoms with Crippen molar-refractivity contribution in [2.75, 3.05) is 5.75 Å². The van der Waals surface area contributed by atoms with Gasteiger partial charge in [-0.3, -0.25) is 4.79 Å². The van der Waals surface area contributed by atoms with Gasteiger partial charge in [-0.2, -0.15) is 0 Å². The number of rotatable bonds is 0. The first-order valence-corrected chi connectivity index (χ1v) is 7.81. The second-order valence-electron chi connectivity index (χ2n) is 4.56. The molecule has 1 saturated heterocycles. The molecule has 90 valence electrons. The van der Waals surface area contributed by atoms with Crippen LogP contribution in [-0.4, -0.2) is 33.2 Å². The molecule has 1 fully saturated rings. The van der Waals surface area contributed by atoms with E-state index in [-0.39, 0.29) is 5.91 Å². The molecule has 0 aromatic heterocycles. The van der Waals surface area contributed by atoms with Crippen LogP contribution in [-0.2, 0) is 0 Å². The third kappa shape index (κ3) is 1.78. The summed E-state index contributed by atoms with van der Waals surface area (Å²) in [6.07, 6.45) is 0. The van der Waals surface area contributed by atoms with Gasteiger partial charge in [-0.05, 0) is 19.1 Å². The van der Waals surface area contributed by atoms with E-state index in [1.807, 2.05) is 41.7 Å². The molecule has 3 atom stereocenters. The zero-order valence-corrected chi connectivity index (χ0v) is 11.6. The molecule has 1 amide bonds. The lowest BCUT2D eigenvalue weighted by Gasteiger charge is -2.25. The Morgan fingerprint density at radius 3 is 2.88 bits per heavy atom. The Bertz CT molecular complexity index is 462. The van der Waals surface area contributed by atoms with Gasteiger partial charge in [0.25, 0.3) is 5.91 Å². The topological polar surface area (TPSA) is 20.3 Å². The van der Waals surface area contributed by atoms with Crippen LogP contribution < -0.4 is 0 Å². The van der Waals surface area contributed by atoms with Crippen LogP contribution in [0.1, 0.15) is 24.2 Å². The Morgan fingerprint density at radius 1 is 1.29 bits per heavy atom. The van der Waals surface area contributed by atoms with Gasteiger partial charge in [0.05, 0.1) is 10.9 Å². The van der Waals surface area contributed by atoms with Crippen LogP contribution in [0.15, 0.2) is 29.2 Å². The first-order chi connectivity index (χ1) is 8.18. The third-order valence-corrected chi connectivity index (χ3v) is 6.43. The van der Waals surface area contributed by atoms with E-state index in [0.29, 0.717) is 16.7 Å². The number of carbonyl (C=O) groups excluding carboxylic acids is 1. The van der Waals surface area contributed by atoms with Crippen LogP contribution in [0.2, 0.25) is 0 Å². The SMILES string of the molecule is CC1SC2CSc3ccccc3C(=O)N2C1C. The molecule has 2 aliphatic heterocycles. The van der Waals surface area contributed by atoms with E-state index in [4.69, 9.17) is 0 Å². The molecule has 1 aromatic rings. The summed E-state index contributed by atoms with van der Waals surface area (Å²) < 4.78 is 0. The molecule has 2 heterocycles. The van der Waals surface area contributed by atoms with E-state index >= 15 is 0 Å². The van der Waals surface area contributed by atoms with Gasteiger partial charge in [-0.1, -0.05) is 19.1 Å². The lowest BCUT2D eigenvalue weighted by Crippen LogP contribution is -2.41. The highest BCUT2D eigenvalue weighted by Crippen LogP contribution is 2.42. The fourth-order valence-electron chi connectivity index (χ4n) is 2.42. The Kier molecular flexibility index (Phi) is 2.87. The monoisotopic (exact) mass is 265 g/mol. The molecule has 2 nitrogen and oxygen atoms in total. The minimum Gasteiger partial charge on any atom is -0.322 e. The summed E-state index contributed by atoms with van der Waals surface area (Å²) in [4.78, 5) is 15.8. The maximum absolute atomic E-state index is 12.6. The number of hydrogen-bond acceptors (Lipinski definition) is 3. The van der Waals surface area contributed by atoms with Gasteiger partial charge < -0.3 is 4.90 Å². The predicted octanol–water partition coefficient (Wildman–Crippen LogP) is 3.08. The molecule has 17 heavy (non-hydrogen) atoms. The van der Waals surface area contributed by atoms with Gasteiger partial charge in [0.2, 0.25) is 0 Å². The molecular weight excluding hydrogens is 250 g/mol. The number of nitrogens with zero attached hydrogens (tertiary/aromatic N) is 1. The van der Waals surface area contributed by atoms with Gasteiger partial charge in [0.1, 0.15) is 0 Å². The smallest absolute Gasteiger partial charge is 0.256 e. The largest absolute Gasteiger partial charge is 0.322 e. The average Bonchev–Trinajstić information content (AvgIpc) is 2.53. The van der Waals surface area contributed by atoms with Crippen molar-refractivity contribution in [2.45, 2.75) is 35.4 Å². The molecule has 2 aliphatic rings. The molecule has 0 spiro atoms. The Balaban J connectivity index is 2.03. The average molecular weight is 265 g/mol. The highest BCUT2D eigenvalue weighted by atomic mass is 32.2. The molecule has 3 rings (SSSR count). The van der Waals surface area contributed by atoms with Crippen LogP contribution in [0.4, 0.5) is 0 Å². The van der Waals surface area contributed by atoms with Gasteiger partial charge in [-0.25, -0.2) is 0 Å². The van der Waals surface area contributed by atoms with Gasteiger partial charge >= 0.3 is 0 Å². The van der Waals surface area contributed by atoms with Crippen molar-refractivity contribution >= 4 is 29.4 Å². The van der Waals surface area contributed by atoms with Crippen molar-refractivity contribution < 1.29 is 4.79 Å². The fraction of sp³-hybridized carbons (Fsp3) is 0.462. The molecule has 0 radical (unpaired) electrons. The number of benzene rings is 1. The number of fused-ring (bicyclic) bond motifs is 2. The summed E-state index contributed by atoms with van der Waals surface area (Å²) in [6, 6.07) is 8.31. The molecule has 0 N–H and O–H groups in total. The summed E-state index contributed by atoms with van der Waals surface area (Å²) >= 11 is 3.74. The highest BCUT2D eigenvalue weighted by molar-refractivity contribution is 8.04. The molecule has 0 saturated carbocycles. The van der Waals surface area contributed by atoms with Crippen LogP contribution in [0.25, 0.3) is 0 Å². The molecule has 4 heteroatoms. The van der Waals surface area contributed by atoms with Crippen molar-refractivity contribution in [1.29, 1.82) is 0 Å². The van der Waals surface area contributed by atoms with E-state index in [0.717, 1.165) is 16.2 Å². The van der Waals surface area contributed by atoms with Crippen LogP contribution in [0.3, 0.4) is 0 Å². The van der Waals surface area contributed by atoms with E-state index in [1.54, 1.807) is 0 Å². The van der Waals surface area contributed by atoms with Crippen LogP contribution in [0.5, 0.6) is 0 Å². The minimum absolute atomic E-state index is 0.208. The summed E-state index contributed by atoms with van der Waals surface area (Å²) in [7, 11) is 0. The summed E-state index contributed by atoms with van der Waals surface area (Å²) in [5, 5.41) is 0.875. The van der Waals surface area contributed by atoms with Crippen molar-refractivity contribution in [2.24, 2.45) is 0 Å². The summed E-state index contributed by atoms with van der Waals surface area (Å²) in [5.41, 5.74) is 0.876. The zero-order valence-electron chi connectivity index (χ0n) is 9.92. The third-order valence-electron chi connectivity index (χ3n) is 3.53. The molecule has 3 unspecified atom stereocenters. The number of thioether (sulfide) groups is 2. The first kappa shape index (κ1) is 11.5. The van der Waals surface area contributed by atoms with Crippen LogP contribution >= 0.6 is 23.5 Å². The maximum atomic E-state index is 12.6. The van der Waals surface area contributed by atoms with Gasteiger partial charge in [-0.15, -0.1) is 23.5 Å². The van der Waals surface area contributed by atoms with E-state index in [2.05, 4.69) is 24.8 Å². The zero-order chi connectivity index (χ0) is 12.0. The van der Waals surface area contributed by atoms with Crippen molar-refractivity contribution in [3.63, 3.8) is 0 Å². The first-order valence-electron chi connectivity index (χ1n) is 5.88. The maximum Gasteiger partial charge on any atom is 0.256 e. The summed E-state index contributed by atoms with van der Waals surface area (Å²) in [6.45, 7) is 4.38. The molecule has 0 aliphatic carbocycles. The quantitative estimate of drug-likeness (QED) is 0.719. The Labute approximate surface area is 110 Å². The molecule has 1 aromatic carbocycles. The van der Waals surface area contributed by atoms with Crippen molar-refractivity contribution in [1.82, 2.24) is 4.90 Å². The van der Waals surface area contributed by atoms with Gasteiger partial charge in [0, 0.05) is 21.9 Å². The van der Waals surface area contributed by atoms with Crippen LogP contribution in [0, 0.1) is 0 Å². The highest BCUT2D eigenvalue weighted by Gasteiger charge is 2.42.